The Bertz CT molecular complexity index is 476. The van der Waals surface area contributed by atoms with Crippen LogP contribution in [0.4, 0.5) is 0 Å². The highest BCUT2D eigenvalue weighted by Gasteiger charge is 2.31. The van der Waals surface area contributed by atoms with Gasteiger partial charge in [0.05, 0.1) is 11.7 Å². The van der Waals surface area contributed by atoms with E-state index in [2.05, 4.69) is 15.3 Å². The summed E-state index contributed by atoms with van der Waals surface area (Å²) in [6.07, 6.45) is 6.08. The van der Waals surface area contributed by atoms with Crippen molar-refractivity contribution in [3.8, 4) is 11.3 Å². The Morgan fingerprint density at radius 3 is 2.75 bits per heavy atom. The summed E-state index contributed by atoms with van der Waals surface area (Å²) in [5.74, 6) is 0.663. The van der Waals surface area contributed by atoms with Gasteiger partial charge in [-0.2, -0.15) is 0 Å². The molecule has 1 atom stereocenters. The summed E-state index contributed by atoms with van der Waals surface area (Å²) in [5.41, 5.74) is 8.25. The van der Waals surface area contributed by atoms with Crippen LogP contribution in [0.25, 0.3) is 11.3 Å². The van der Waals surface area contributed by atoms with Crippen molar-refractivity contribution >= 4 is 11.3 Å². The predicted octanol–water partition coefficient (Wildman–Crippen LogP) is 2.61. The molecule has 0 spiro atoms. The third-order valence-corrected chi connectivity index (χ3v) is 3.86. The molecule has 1 aliphatic rings. The molecule has 1 aliphatic carbocycles. The van der Waals surface area contributed by atoms with Crippen molar-refractivity contribution in [1.29, 1.82) is 0 Å². The van der Waals surface area contributed by atoms with Gasteiger partial charge in [0, 0.05) is 23.3 Å². The maximum absolute atomic E-state index is 6.13. The number of nitrogens with zero attached hydrogens (tertiary/aromatic N) is 2. The molecule has 0 bridgehead atoms. The zero-order valence-corrected chi connectivity index (χ0v) is 9.65. The number of nitrogens with two attached hydrogens (primary N) is 1. The molecule has 1 saturated carbocycles. The second-order valence-corrected chi connectivity index (χ2v) is 5.06. The molecule has 0 amide bonds. The van der Waals surface area contributed by atoms with E-state index in [4.69, 9.17) is 5.73 Å². The number of rotatable bonds is 3. The van der Waals surface area contributed by atoms with Crippen LogP contribution in [0.5, 0.6) is 0 Å². The first kappa shape index (κ1) is 9.93. The Morgan fingerprint density at radius 2 is 2.06 bits per heavy atom. The van der Waals surface area contributed by atoms with Crippen LogP contribution in [0.2, 0.25) is 0 Å². The van der Waals surface area contributed by atoms with E-state index in [9.17, 15) is 0 Å². The fourth-order valence-corrected chi connectivity index (χ4v) is 2.67. The highest BCUT2D eigenvalue weighted by molar-refractivity contribution is 7.10. The lowest BCUT2D eigenvalue weighted by molar-refractivity contribution is 0.629. The minimum Gasteiger partial charge on any atom is -0.322 e. The molecule has 2 heterocycles. The summed E-state index contributed by atoms with van der Waals surface area (Å²) in [6.45, 7) is 0. The van der Waals surface area contributed by atoms with Gasteiger partial charge in [-0.1, -0.05) is 0 Å². The van der Waals surface area contributed by atoms with E-state index in [-0.39, 0.29) is 6.04 Å². The number of hydrogen-bond donors (Lipinski definition) is 1. The van der Waals surface area contributed by atoms with Crippen LogP contribution in [-0.4, -0.2) is 9.97 Å². The second-order valence-electron chi connectivity index (χ2n) is 4.17. The van der Waals surface area contributed by atoms with Gasteiger partial charge in [-0.05, 0) is 30.9 Å². The van der Waals surface area contributed by atoms with Gasteiger partial charge in [-0.15, -0.1) is 11.3 Å². The largest absolute Gasteiger partial charge is 0.322 e. The molecule has 16 heavy (non-hydrogen) atoms. The lowest BCUT2D eigenvalue weighted by atomic mass is 10.2. The van der Waals surface area contributed by atoms with Gasteiger partial charge in [-0.25, -0.2) is 4.98 Å². The molecular formula is C12H13N3S. The fraction of sp³-hybridized carbons (Fsp3) is 0.333. The highest BCUT2D eigenvalue weighted by atomic mass is 32.1. The molecule has 1 fully saturated rings. The van der Waals surface area contributed by atoms with Crippen molar-refractivity contribution in [2.45, 2.75) is 18.9 Å². The SMILES string of the molecule is NC(c1nc(-c2ccncc2)cs1)C1CC1. The normalized spacial score (nSPS) is 17.3. The number of aromatic nitrogens is 2. The van der Waals surface area contributed by atoms with Crippen molar-refractivity contribution in [3.05, 3.63) is 34.9 Å². The Morgan fingerprint density at radius 1 is 1.31 bits per heavy atom. The van der Waals surface area contributed by atoms with E-state index in [1.165, 1.54) is 12.8 Å². The fourth-order valence-electron chi connectivity index (χ4n) is 1.75. The summed E-state index contributed by atoms with van der Waals surface area (Å²) in [4.78, 5) is 8.61. The van der Waals surface area contributed by atoms with Crippen LogP contribution < -0.4 is 5.73 Å². The van der Waals surface area contributed by atoms with Crippen molar-refractivity contribution < 1.29 is 0 Å². The third kappa shape index (κ3) is 1.86. The van der Waals surface area contributed by atoms with Crippen LogP contribution >= 0.6 is 11.3 Å². The summed E-state index contributed by atoms with van der Waals surface area (Å²) < 4.78 is 0. The van der Waals surface area contributed by atoms with Crippen LogP contribution in [0.3, 0.4) is 0 Å². The van der Waals surface area contributed by atoms with Gasteiger partial charge in [-0.3, -0.25) is 4.98 Å². The van der Waals surface area contributed by atoms with Crippen molar-refractivity contribution in [3.63, 3.8) is 0 Å². The van der Waals surface area contributed by atoms with Gasteiger partial charge in [0.25, 0.3) is 0 Å². The van der Waals surface area contributed by atoms with Gasteiger partial charge >= 0.3 is 0 Å². The average Bonchev–Trinajstić information content (AvgIpc) is 3.07. The van der Waals surface area contributed by atoms with E-state index in [1.54, 1.807) is 23.7 Å². The van der Waals surface area contributed by atoms with Gasteiger partial charge in [0.15, 0.2) is 0 Å². The molecule has 3 nitrogen and oxygen atoms in total. The maximum Gasteiger partial charge on any atom is 0.110 e. The van der Waals surface area contributed by atoms with Crippen molar-refractivity contribution in [2.75, 3.05) is 0 Å². The average molecular weight is 231 g/mol. The topological polar surface area (TPSA) is 51.8 Å². The van der Waals surface area contributed by atoms with Gasteiger partial charge in [0.1, 0.15) is 5.01 Å². The first-order valence-electron chi connectivity index (χ1n) is 5.46. The van der Waals surface area contributed by atoms with Gasteiger partial charge < -0.3 is 5.73 Å². The van der Waals surface area contributed by atoms with Crippen molar-refractivity contribution in [1.82, 2.24) is 9.97 Å². The molecule has 2 N–H and O–H groups in total. The summed E-state index contributed by atoms with van der Waals surface area (Å²) in [6, 6.07) is 4.09. The van der Waals surface area contributed by atoms with Crippen molar-refractivity contribution in [2.24, 2.45) is 11.7 Å². The lowest BCUT2D eigenvalue weighted by Crippen LogP contribution is -2.11. The quantitative estimate of drug-likeness (QED) is 0.883. The minimum absolute atomic E-state index is 0.139. The summed E-state index contributed by atoms with van der Waals surface area (Å²) in [7, 11) is 0. The third-order valence-electron chi connectivity index (χ3n) is 2.91. The molecule has 82 valence electrons. The predicted molar refractivity (Wildman–Crippen MR) is 65.0 cm³/mol. The number of pyridine rings is 1. The zero-order valence-electron chi connectivity index (χ0n) is 8.84. The molecule has 2 aromatic rings. The Labute approximate surface area is 98.4 Å². The molecule has 2 aromatic heterocycles. The number of thiazole rings is 1. The van der Waals surface area contributed by atoms with E-state index in [1.807, 2.05) is 12.1 Å². The Balaban J connectivity index is 1.87. The molecule has 1 unspecified atom stereocenters. The van der Waals surface area contributed by atoms with E-state index < -0.39 is 0 Å². The molecule has 0 radical (unpaired) electrons. The van der Waals surface area contributed by atoms with Gasteiger partial charge in [0.2, 0.25) is 0 Å². The van der Waals surface area contributed by atoms with Crippen LogP contribution in [0.1, 0.15) is 23.9 Å². The standard InChI is InChI=1S/C12H13N3S/c13-11(9-1-2-9)12-15-10(7-16-12)8-3-5-14-6-4-8/h3-7,9,11H,1-2,13H2. The van der Waals surface area contributed by atoms with E-state index in [0.29, 0.717) is 5.92 Å². The molecule has 3 rings (SSSR count). The molecule has 4 heteroatoms. The second kappa shape index (κ2) is 3.96. The molecule has 0 aromatic carbocycles. The Hall–Kier alpha value is -1.26. The minimum atomic E-state index is 0.139. The summed E-state index contributed by atoms with van der Waals surface area (Å²) in [5, 5.41) is 3.14. The molecule has 0 saturated heterocycles. The smallest absolute Gasteiger partial charge is 0.110 e. The van der Waals surface area contributed by atoms with E-state index in [0.717, 1.165) is 16.3 Å². The first-order chi connectivity index (χ1) is 7.84. The molecular weight excluding hydrogens is 218 g/mol. The first-order valence-corrected chi connectivity index (χ1v) is 6.34. The van der Waals surface area contributed by atoms with Crippen LogP contribution in [-0.2, 0) is 0 Å². The lowest BCUT2D eigenvalue weighted by Gasteiger charge is -2.04. The maximum atomic E-state index is 6.13. The van der Waals surface area contributed by atoms with Crippen LogP contribution in [0.15, 0.2) is 29.9 Å². The van der Waals surface area contributed by atoms with E-state index >= 15 is 0 Å². The number of hydrogen-bond acceptors (Lipinski definition) is 4. The van der Waals surface area contributed by atoms with Crippen LogP contribution in [0, 0.1) is 5.92 Å². The monoisotopic (exact) mass is 231 g/mol. The summed E-state index contributed by atoms with van der Waals surface area (Å²) >= 11 is 1.66. The zero-order chi connectivity index (χ0) is 11.0. The molecule has 0 aliphatic heterocycles. The highest BCUT2D eigenvalue weighted by Crippen LogP contribution is 2.40. The Kier molecular flexibility index (Phi) is 2.46.